The molecule has 1 atom stereocenters. The van der Waals surface area contributed by atoms with Gasteiger partial charge in [0.2, 0.25) is 5.88 Å². The molecule has 2 amide bonds. The molecule has 4 rings (SSSR count). The summed E-state index contributed by atoms with van der Waals surface area (Å²) >= 11 is 0. The monoisotopic (exact) mass is 399 g/mol. The Hall–Kier alpha value is -2.67. The Kier molecular flexibility index (Phi) is 5.94. The van der Waals surface area contributed by atoms with Crippen molar-refractivity contribution in [1.82, 2.24) is 15.2 Å². The van der Waals surface area contributed by atoms with Gasteiger partial charge in [0.05, 0.1) is 19.8 Å². The van der Waals surface area contributed by atoms with Crippen LogP contribution in [0, 0.1) is 18.7 Å². The number of nitrogens with one attached hydrogen (secondary N) is 1. The standard InChI is InChI=1S/C22H26FN3O3/c1-15-10-18(5-6-19(15)23)20-13-26(8-9-28-20)22(27)25-12-17-4-7-21(24-11-17)29-14-16-2-3-16/h4-7,10-11,16,20H,2-3,8-9,12-14H2,1H3,(H,25,27). The highest BCUT2D eigenvalue weighted by Gasteiger charge is 2.26. The summed E-state index contributed by atoms with van der Waals surface area (Å²) < 4.78 is 24.9. The van der Waals surface area contributed by atoms with Gasteiger partial charge in [-0.1, -0.05) is 18.2 Å². The molecule has 1 unspecified atom stereocenters. The lowest BCUT2D eigenvalue weighted by Gasteiger charge is -2.33. The van der Waals surface area contributed by atoms with Gasteiger partial charge in [0.25, 0.3) is 0 Å². The third-order valence-corrected chi connectivity index (χ3v) is 5.31. The van der Waals surface area contributed by atoms with E-state index in [2.05, 4.69) is 10.3 Å². The SMILES string of the molecule is Cc1cc(C2CN(C(=O)NCc3ccc(OCC4CC4)nc3)CCO2)ccc1F. The van der Waals surface area contributed by atoms with Crippen molar-refractivity contribution in [3.8, 4) is 5.88 Å². The molecule has 2 heterocycles. The molecular formula is C22H26FN3O3. The molecule has 1 saturated carbocycles. The lowest BCUT2D eigenvalue weighted by molar-refractivity contribution is -0.0155. The largest absolute Gasteiger partial charge is 0.477 e. The maximum atomic E-state index is 13.5. The van der Waals surface area contributed by atoms with Crippen molar-refractivity contribution in [2.45, 2.75) is 32.4 Å². The zero-order valence-corrected chi connectivity index (χ0v) is 16.6. The van der Waals surface area contributed by atoms with E-state index in [4.69, 9.17) is 9.47 Å². The van der Waals surface area contributed by atoms with Crippen LogP contribution in [0.1, 0.15) is 35.6 Å². The van der Waals surface area contributed by atoms with Crippen molar-refractivity contribution in [3.63, 3.8) is 0 Å². The molecule has 1 N–H and O–H groups in total. The first-order valence-electron chi connectivity index (χ1n) is 10.1. The van der Waals surface area contributed by atoms with Gasteiger partial charge in [-0.3, -0.25) is 0 Å². The topological polar surface area (TPSA) is 63.7 Å². The Morgan fingerprint density at radius 3 is 2.93 bits per heavy atom. The summed E-state index contributed by atoms with van der Waals surface area (Å²) in [6, 6.07) is 8.54. The minimum atomic E-state index is -0.252. The molecule has 0 spiro atoms. The predicted octanol–water partition coefficient (Wildman–Crippen LogP) is 3.60. The van der Waals surface area contributed by atoms with Gasteiger partial charge in [0, 0.05) is 25.4 Å². The summed E-state index contributed by atoms with van der Waals surface area (Å²) in [6.07, 6.45) is 3.96. The number of pyridine rings is 1. The molecule has 2 aromatic rings. The van der Waals surface area contributed by atoms with Crippen LogP contribution >= 0.6 is 0 Å². The van der Waals surface area contributed by atoms with Crippen molar-refractivity contribution in [1.29, 1.82) is 0 Å². The zero-order chi connectivity index (χ0) is 20.2. The van der Waals surface area contributed by atoms with E-state index < -0.39 is 0 Å². The second kappa shape index (κ2) is 8.78. The summed E-state index contributed by atoms with van der Waals surface area (Å²) in [4.78, 5) is 18.6. The van der Waals surface area contributed by atoms with Crippen LogP contribution < -0.4 is 10.1 Å². The van der Waals surface area contributed by atoms with Gasteiger partial charge in [-0.2, -0.15) is 0 Å². The van der Waals surface area contributed by atoms with Crippen LogP contribution in [0.4, 0.5) is 9.18 Å². The smallest absolute Gasteiger partial charge is 0.317 e. The third kappa shape index (κ3) is 5.23. The van der Waals surface area contributed by atoms with Crippen LogP contribution in [0.2, 0.25) is 0 Å². The van der Waals surface area contributed by atoms with Crippen LogP contribution in [0.25, 0.3) is 0 Å². The lowest BCUT2D eigenvalue weighted by atomic mass is 10.0. The Balaban J connectivity index is 1.28. The van der Waals surface area contributed by atoms with Gasteiger partial charge in [0.1, 0.15) is 11.9 Å². The van der Waals surface area contributed by atoms with Gasteiger partial charge in [-0.15, -0.1) is 0 Å². The number of carbonyl (C=O) groups is 1. The molecule has 1 aromatic heterocycles. The first-order valence-corrected chi connectivity index (χ1v) is 10.1. The first-order chi connectivity index (χ1) is 14.1. The summed E-state index contributed by atoms with van der Waals surface area (Å²) in [5, 5.41) is 2.93. The van der Waals surface area contributed by atoms with Crippen LogP contribution in [0.3, 0.4) is 0 Å². The average molecular weight is 399 g/mol. The summed E-state index contributed by atoms with van der Waals surface area (Å²) in [7, 11) is 0. The number of morpholine rings is 1. The van der Waals surface area contributed by atoms with Crippen molar-refractivity contribution in [2.75, 3.05) is 26.3 Å². The van der Waals surface area contributed by atoms with Gasteiger partial charge in [0.15, 0.2) is 0 Å². The van der Waals surface area contributed by atoms with Crippen LogP contribution in [-0.4, -0.2) is 42.2 Å². The number of hydrogen-bond acceptors (Lipinski definition) is 4. The van der Waals surface area contributed by atoms with Crippen molar-refractivity contribution in [3.05, 3.63) is 59.0 Å². The number of halogens is 1. The highest BCUT2D eigenvalue weighted by atomic mass is 19.1. The molecule has 6 nitrogen and oxygen atoms in total. The Bertz CT molecular complexity index is 855. The van der Waals surface area contributed by atoms with Crippen LogP contribution in [-0.2, 0) is 11.3 Å². The molecule has 1 aliphatic heterocycles. The van der Waals surface area contributed by atoms with Crippen LogP contribution in [0.15, 0.2) is 36.5 Å². The molecule has 0 radical (unpaired) electrons. The number of benzene rings is 1. The second-order valence-electron chi connectivity index (χ2n) is 7.73. The molecule has 1 aromatic carbocycles. The molecule has 7 heteroatoms. The molecule has 2 aliphatic rings. The normalized spacial score (nSPS) is 19.1. The van der Waals surface area contributed by atoms with E-state index in [0.717, 1.165) is 17.7 Å². The zero-order valence-electron chi connectivity index (χ0n) is 16.6. The van der Waals surface area contributed by atoms with E-state index in [0.29, 0.717) is 43.6 Å². The summed E-state index contributed by atoms with van der Waals surface area (Å²) in [5.41, 5.74) is 2.37. The van der Waals surface area contributed by atoms with E-state index in [-0.39, 0.29) is 18.0 Å². The fourth-order valence-electron chi connectivity index (χ4n) is 3.28. The maximum absolute atomic E-state index is 13.5. The lowest BCUT2D eigenvalue weighted by Crippen LogP contribution is -2.47. The number of ether oxygens (including phenoxy) is 2. The van der Waals surface area contributed by atoms with Gasteiger partial charge in [-0.05, 0) is 48.4 Å². The minimum Gasteiger partial charge on any atom is -0.477 e. The molecule has 0 bridgehead atoms. The molecule has 1 aliphatic carbocycles. The number of aromatic nitrogens is 1. The summed E-state index contributed by atoms with van der Waals surface area (Å²) in [6.45, 7) is 4.25. The van der Waals surface area contributed by atoms with Crippen molar-refractivity contribution < 1.29 is 18.7 Å². The fourth-order valence-corrected chi connectivity index (χ4v) is 3.28. The fraction of sp³-hybridized carbons (Fsp3) is 0.455. The molecular weight excluding hydrogens is 373 g/mol. The highest BCUT2D eigenvalue weighted by Crippen LogP contribution is 2.29. The van der Waals surface area contributed by atoms with Crippen LogP contribution in [0.5, 0.6) is 5.88 Å². The maximum Gasteiger partial charge on any atom is 0.317 e. The molecule has 1 saturated heterocycles. The van der Waals surface area contributed by atoms with Crippen molar-refractivity contribution in [2.24, 2.45) is 5.92 Å². The Labute approximate surface area is 170 Å². The van der Waals surface area contributed by atoms with E-state index in [1.54, 1.807) is 30.2 Å². The average Bonchev–Trinajstić information content (AvgIpc) is 3.58. The number of carbonyl (C=O) groups excluding carboxylic acids is 1. The molecule has 2 fully saturated rings. The van der Waals surface area contributed by atoms with E-state index in [1.165, 1.54) is 18.9 Å². The number of nitrogens with zero attached hydrogens (tertiary/aromatic N) is 2. The predicted molar refractivity (Wildman–Crippen MR) is 106 cm³/mol. The molecule has 154 valence electrons. The quantitative estimate of drug-likeness (QED) is 0.806. The Morgan fingerprint density at radius 1 is 1.34 bits per heavy atom. The second-order valence-corrected chi connectivity index (χ2v) is 7.73. The molecule has 29 heavy (non-hydrogen) atoms. The number of aryl methyl sites for hydroxylation is 1. The van der Waals surface area contributed by atoms with Gasteiger partial charge < -0.3 is 19.7 Å². The number of urea groups is 1. The van der Waals surface area contributed by atoms with E-state index in [9.17, 15) is 9.18 Å². The number of amides is 2. The van der Waals surface area contributed by atoms with Crippen molar-refractivity contribution >= 4 is 6.03 Å². The van der Waals surface area contributed by atoms with Gasteiger partial charge in [-0.25, -0.2) is 14.2 Å². The Morgan fingerprint density at radius 2 is 2.21 bits per heavy atom. The number of rotatable bonds is 6. The van der Waals surface area contributed by atoms with Gasteiger partial charge >= 0.3 is 6.03 Å². The van der Waals surface area contributed by atoms with E-state index in [1.807, 2.05) is 12.1 Å². The number of hydrogen-bond donors (Lipinski definition) is 1. The third-order valence-electron chi connectivity index (χ3n) is 5.31. The summed E-state index contributed by atoms with van der Waals surface area (Å²) in [5.74, 6) is 1.07. The highest BCUT2D eigenvalue weighted by molar-refractivity contribution is 5.74. The first kappa shape index (κ1) is 19.6. The van der Waals surface area contributed by atoms with E-state index >= 15 is 0 Å². The minimum absolute atomic E-state index is 0.147.